The fraction of sp³-hybridized carbons (Fsp3) is 0.154. The van der Waals surface area contributed by atoms with Gasteiger partial charge in [-0.05, 0) is 30.7 Å². The number of pyridine rings is 1. The fourth-order valence-electron chi connectivity index (χ4n) is 4.00. The van der Waals surface area contributed by atoms with Crippen molar-refractivity contribution >= 4 is 34.9 Å². The number of carbonyl (C=O) groups is 3. The van der Waals surface area contributed by atoms with Gasteiger partial charge in [0.2, 0.25) is 11.8 Å². The highest BCUT2D eigenvalue weighted by molar-refractivity contribution is 6.19. The van der Waals surface area contributed by atoms with Crippen LogP contribution in [0.5, 0.6) is 0 Å². The first-order valence-corrected chi connectivity index (χ1v) is 10.6. The lowest BCUT2D eigenvalue weighted by Crippen LogP contribution is -2.35. The van der Waals surface area contributed by atoms with Gasteiger partial charge in [-0.25, -0.2) is 9.88 Å². The number of rotatable bonds is 4. The predicted octanol–water partition coefficient (Wildman–Crippen LogP) is 4.03. The number of hydrazone groups is 1. The third-order valence-electron chi connectivity index (χ3n) is 5.49. The minimum atomic E-state index is -0.838. The number of hydrogen-bond donors (Lipinski definition) is 0. The van der Waals surface area contributed by atoms with Crippen molar-refractivity contribution < 1.29 is 14.4 Å². The predicted molar refractivity (Wildman–Crippen MR) is 128 cm³/mol. The third kappa shape index (κ3) is 3.95. The van der Waals surface area contributed by atoms with Gasteiger partial charge in [0, 0.05) is 19.4 Å². The zero-order valence-electron chi connectivity index (χ0n) is 18.9. The van der Waals surface area contributed by atoms with Crippen molar-refractivity contribution in [2.75, 3.05) is 9.91 Å². The Balaban J connectivity index is 1.93. The van der Waals surface area contributed by atoms with Crippen molar-refractivity contribution in [2.24, 2.45) is 5.10 Å². The molecule has 2 aromatic carbocycles. The second kappa shape index (κ2) is 9.08. The summed E-state index contributed by atoms with van der Waals surface area (Å²) in [5.41, 5.74) is 2.64. The van der Waals surface area contributed by atoms with E-state index < -0.39 is 17.7 Å². The molecule has 1 atom stereocenters. The average Bonchev–Trinajstić information content (AvgIpc) is 3.13. The molecule has 1 unspecified atom stereocenters. The number of amides is 3. The molecule has 1 aromatic heterocycles. The Morgan fingerprint density at radius 1 is 1.00 bits per heavy atom. The third-order valence-corrected chi connectivity index (χ3v) is 5.49. The molecule has 4 rings (SSSR count). The number of anilines is 2. The van der Waals surface area contributed by atoms with Gasteiger partial charge in [0.1, 0.15) is 17.6 Å². The van der Waals surface area contributed by atoms with E-state index in [-0.39, 0.29) is 17.3 Å². The molecule has 3 amide bonds. The number of nitrogens with zero attached hydrogens (tertiary/aromatic N) is 5. The Kier molecular flexibility index (Phi) is 6.02. The van der Waals surface area contributed by atoms with Crippen LogP contribution in [0.2, 0.25) is 0 Å². The Hall–Kier alpha value is -4.64. The first-order valence-electron chi connectivity index (χ1n) is 10.6. The normalized spacial score (nSPS) is 15.0. The van der Waals surface area contributed by atoms with Crippen LogP contribution in [-0.2, 0) is 14.4 Å². The molecule has 0 radical (unpaired) electrons. The van der Waals surface area contributed by atoms with Gasteiger partial charge in [0.05, 0.1) is 17.1 Å². The van der Waals surface area contributed by atoms with Crippen molar-refractivity contribution in [2.45, 2.75) is 26.7 Å². The second-order valence-corrected chi connectivity index (χ2v) is 7.80. The van der Waals surface area contributed by atoms with E-state index in [1.54, 1.807) is 25.1 Å². The summed E-state index contributed by atoms with van der Waals surface area (Å²) in [4.78, 5) is 43.5. The van der Waals surface area contributed by atoms with Crippen LogP contribution in [0.4, 0.5) is 11.5 Å². The zero-order valence-corrected chi connectivity index (χ0v) is 18.9. The van der Waals surface area contributed by atoms with Gasteiger partial charge < -0.3 is 0 Å². The van der Waals surface area contributed by atoms with Crippen molar-refractivity contribution in [1.29, 1.82) is 5.26 Å². The molecular weight excluding hydrogens is 430 g/mol. The van der Waals surface area contributed by atoms with E-state index in [1.807, 2.05) is 48.5 Å². The molecule has 0 spiro atoms. The van der Waals surface area contributed by atoms with Crippen molar-refractivity contribution in [3.63, 3.8) is 0 Å². The summed E-state index contributed by atoms with van der Waals surface area (Å²) >= 11 is 0. The molecule has 34 heavy (non-hydrogen) atoms. The van der Waals surface area contributed by atoms with Gasteiger partial charge in [-0.2, -0.15) is 15.4 Å². The quantitative estimate of drug-likeness (QED) is 0.595. The second-order valence-electron chi connectivity index (χ2n) is 7.80. The highest BCUT2D eigenvalue weighted by Gasteiger charge is 2.38. The van der Waals surface area contributed by atoms with Crippen LogP contribution in [0.15, 0.2) is 71.8 Å². The van der Waals surface area contributed by atoms with E-state index in [4.69, 9.17) is 0 Å². The fourth-order valence-corrected chi connectivity index (χ4v) is 4.00. The van der Waals surface area contributed by atoms with Crippen molar-refractivity contribution in [3.05, 3.63) is 78.0 Å². The maximum atomic E-state index is 13.4. The maximum Gasteiger partial charge on any atom is 0.262 e. The lowest BCUT2D eigenvalue weighted by molar-refractivity contribution is -0.124. The van der Waals surface area contributed by atoms with Crippen LogP contribution in [0, 0.1) is 11.3 Å². The molecule has 0 N–H and O–H groups in total. The van der Waals surface area contributed by atoms with E-state index in [1.165, 1.54) is 18.9 Å². The van der Waals surface area contributed by atoms with E-state index in [0.717, 1.165) is 4.90 Å². The van der Waals surface area contributed by atoms with Crippen LogP contribution in [0.3, 0.4) is 0 Å². The molecule has 8 heteroatoms. The van der Waals surface area contributed by atoms with Crippen LogP contribution in [0.1, 0.15) is 37.9 Å². The van der Waals surface area contributed by atoms with Crippen LogP contribution >= 0.6 is 0 Å². The van der Waals surface area contributed by atoms with Gasteiger partial charge in [0.15, 0.2) is 5.82 Å². The number of nitriles is 1. The number of imide groups is 1. The molecule has 2 heterocycles. The number of benzene rings is 2. The summed E-state index contributed by atoms with van der Waals surface area (Å²) in [5.74, 6) is -2.42. The Labute approximate surface area is 196 Å². The minimum absolute atomic E-state index is 0.0697. The zero-order chi connectivity index (χ0) is 24.4. The molecule has 0 aliphatic carbocycles. The summed E-state index contributed by atoms with van der Waals surface area (Å²) in [6, 6.07) is 21.8. The molecular formula is C26H21N5O3. The highest BCUT2D eigenvalue weighted by atomic mass is 16.2. The van der Waals surface area contributed by atoms with E-state index in [9.17, 15) is 19.6 Å². The first kappa shape index (κ1) is 22.6. The molecule has 1 aliphatic heterocycles. The average molecular weight is 451 g/mol. The number of carbonyl (C=O) groups excluding carboxylic acids is 3. The van der Waals surface area contributed by atoms with Crippen LogP contribution < -0.4 is 9.91 Å². The summed E-state index contributed by atoms with van der Waals surface area (Å²) in [7, 11) is 0. The SMILES string of the molecule is CC(=O)N(C(C)=O)c1nc(C2C(=O)N(c3ccccc3)N=C2C)cc(-c2ccccc2)c1C#N. The topological polar surface area (TPSA) is 107 Å². The molecule has 0 bridgehead atoms. The van der Waals surface area contributed by atoms with Gasteiger partial charge in [-0.1, -0.05) is 48.5 Å². The first-order chi connectivity index (χ1) is 16.3. The molecule has 8 nitrogen and oxygen atoms in total. The standard InChI is InChI=1S/C26H21N5O3/c1-16-24(26(34)31(29-16)20-12-8-5-9-13-20)23-14-21(19-10-6-4-7-11-19)22(15-27)25(28-23)30(17(2)32)18(3)33/h4-14,24H,1-3H3. The molecule has 0 saturated carbocycles. The van der Waals surface area contributed by atoms with Crippen molar-refractivity contribution in [1.82, 2.24) is 4.98 Å². The summed E-state index contributed by atoms with van der Waals surface area (Å²) in [6.45, 7) is 4.17. The molecule has 0 fully saturated rings. The monoisotopic (exact) mass is 451 g/mol. The van der Waals surface area contributed by atoms with Gasteiger partial charge in [-0.15, -0.1) is 0 Å². The van der Waals surface area contributed by atoms with E-state index in [0.29, 0.717) is 28.2 Å². The Morgan fingerprint density at radius 3 is 2.15 bits per heavy atom. The van der Waals surface area contributed by atoms with E-state index >= 15 is 0 Å². The summed E-state index contributed by atoms with van der Waals surface area (Å²) < 4.78 is 0. The van der Waals surface area contributed by atoms with Crippen LogP contribution in [-0.4, -0.2) is 28.4 Å². The Bertz CT molecular complexity index is 1350. The molecule has 1 aliphatic rings. The van der Waals surface area contributed by atoms with Gasteiger partial charge in [-0.3, -0.25) is 14.4 Å². The molecule has 3 aromatic rings. The van der Waals surface area contributed by atoms with Gasteiger partial charge >= 0.3 is 0 Å². The van der Waals surface area contributed by atoms with E-state index in [2.05, 4.69) is 16.2 Å². The van der Waals surface area contributed by atoms with Crippen molar-refractivity contribution in [3.8, 4) is 17.2 Å². The minimum Gasteiger partial charge on any atom is -0.274 e. The Morgan fingerprint density at radius 2 is 1.59 bits per heavy atom. The maximum absolute atomic E-state index is 13.4. The smallest absolute Gasteiger partial charge is 0.262 e. The number of aromatic nitrogens is 1. The molecule has 168 valence electrons. The summed E-state index contributed by atoms with van der Waals surface area (Å²) in [6.07, 6.45) is 0. The summed E-state index contributed by atoms with van der Waals surface area (Å²) in [5, 5.41) is 15.7. The lowest BCUT2D eigenvalue weighted by atomic mass is 9.93. The molecule has 0 saturated heterocycles. The largest absolute Gasteiger partial charge is 0.274 e. The highest BCUT2D eigenvalue weighted by Crippen LogP contribution is 2.36. The lowest BCUT2D eigenvalue weighted by Gasteiger charge is -2.22. The number of para-hydroxylation sites is 1. The van der Waals surface area contributed by atoms with Gasteiger partial charge in [0.25, 0.3) is 5.91 Å². The van der Waals surface area contributed by atoms with Crippen LogP contribution in [0.25, 0.3) is 11.1 Å². The number of hydrogen-bond acceptors (Lipinski definition) is 6.